The van der Waals surface area contributed by atoms with Crippen LogP contribution in [0, 0.1) is 0 Å². The van der Waals surface area contributed by atoms with E-state index < -0.39 is 23.5 Å². The van der Waals surface area contributed by atoms with Crippen molar-refractivity contribution in [2.45, 2.75) is 12.7 Å². The van der Waals surface area contributed by atoms with E-state index in [2.05, 4.69) is 25.5 Å². The summed E-state index contributed by atoms with van der Waals surface area (Å²) in [6, 6.07) is 14.3. The Kier molecular flexibility index (Phi) is 6.67. The number of nitrogens with zero attached hydrogens (tertiary/aromatic N) is 6. The largest absolute Gasteiger partial charge is 0.497 e. The van der Waals surface area contributed by atoms with Crippen LogP contribution in [0.4, 0.5) is 19.1 Å². The standard InChI is InChI=1S/C24H16Cl2F3N7O2/c1-38-16-4-2-3-14(9-16)17-10-18(24(27,28)29)36-21(31-17)19(26)20(33-36)22(37)32-23-30-12-35(34-23)11-13-5-7-15(25)8-6-13/h2-10,12H,11H2,1H3,(H,32,34,37). The summed E-state index contributed by atoms with van der Waals surface area (Å²) < 4.78 is 49.0. The average molecular weight is 562 g/mol. The summed E-state index contributed by atoms with van der Waals surface area (Å²) in [6.45, 7) is 0.348. The van der Waals surface area contributed by atoms with Crippen LogP contribution in [0.3, 0.4) is 0 Å². The van der Waals surface area contributed by atoms with Gasteiger partial charge in [0.1, 0.15) is 17.1 Å². The molecule has 38 heavy (non-hydrogen) atoms. The molecule has 0 spiro atoms. The fraction of sp³-hybridized carbons (Fsp3) is 0.125. The molecule has 194 valence electrons. The maximum absolute atomic E-state index is 14.0. The molecule has 9 nitrogen and oxygen atoms in total. The molecule has 3 aromatic heterocycles. The van der Waals surface area contributed by atoms with Crippen LogP contribution in [-0.2, 0) is 12.7 Å². The topological polar surface area (TPSA) is 99.2 Å². The summed E-state index contributed by atoms with van der Waals surface area (Å²) in [4.78, 5) is 21.2. The number of hydrogen-bond donors (Lipinski definition) is 1. The number of alkyl halides is 3. The van der Waals surface area contributed by atoms with E-state index in [1.807, 2.05) is 12.1 Å². The molecule has 0 aliphatic rings. The Balaban J connectivity index is 1.47. The normalized spacial score (nSPS) is 11.6. The van der Waals surface area contributed by atoms with E-state index in [0.29, 0.717) is 27.4 Å². The third kappa shape index (κ3) is 5.13. The molecule has 1 amide bonds. The summed E-state index contributed by atoms with van der Waals surface area (Å²) in [5.74, 6) is -0.556. The van der Waals surface area contributed by atoms with Crippen LogP contribution >= 0.6 is 23.2 Å². The Bertz CT molecular complexity index is 1650. The van der Waals surface area contributed by atoms with Crippen molar-refractivity contribution in [3.63, 3.8) is 0 Å². The van der Waals surface area contributed by atoms with Crippen molar-refractivity contribution in [1.29, 1.82) is 0 Å². The smallest absolute Gasteiger partial charge is 0.433 e. The molecule has 0 saturated carbocycles. The number of aromatic nitrogens is 6. The second kappa shape index (κ2) is 9.95. The van der Waals surface area contributed by atoms with Gasteiger partial charge in [-0.15, -0.1) is 5.10 Å². The zero-order chi connectivity index (χ0) is 27.0. The van der Waals surface area contributed by atoms with Gasteiger partial charge in [-0.2, -0.15) is 18.3 Å². The van der Waals surface area contributed by atoms with E-state index in [1.54, 1.807) is 30.3 Å². The fourth-order valence-electron chi connectivity index (χ4n) is 3.63. The first-order chi connectivity index (χ1) is 18.1. The van der Waals surface area contributed by atoms with Crippen molar-refractivity contribution >= 4 is 40.7 Å². The third-order valence-electron chi connectivity index (χ3n) is 5.42. The van der Waals surface area contributed by atoms with Gasteiger partial charge >= 0.3 is 6.18 Å². The molecule has 0 unspecified atom stereocenters. The van der Waals surface area contributed by atoms with Gasteiger partial charge in [-0.05, 0) is 35.9 Å². The number of methoxy groups -OCH3 is 1. The molecule has 0 aliphatic carbocycles. The number of benzene rings is 2. The minimum absolute atomic E-state index is 0.0277. The summed E-state index contributed by atoms with van der Waals surface area (Å²) in [5.41, 5.74) is -0.756. The highest BCUT2D eigenvalue weighted by molar-refractivity contribution is 6.37. The number of carbonyl (C=O) groups excluding carboxylic acids is 1. The van der Waals surface area contributed by atoms with E-state index in [4.69, 9.17) is 27.9 Å². The van der Waals surface area contributed by atoms with Crippen LogP contribution in [0.25, 0.3) is 16.9 Å². The molecular weight excluding hydrogens is 546 g/mol. The number of hydrogen-bond acceptors (Lipinski definition) is 6. The Labute approximate surface area is 222 Å². The maximum Gasteiger partial charge on any atom is 0.433 e. The van der Waals surface area contributed by atoms with Crippen molar-refractivity contribution in [2.24, 2.45) is 0 Å². The average Bonchev–Trinajstić information content (AvgIpc) is 3.47. The molecule has 0 aliphatic heterocycles. The SMILES string of the molecule is COc1cccc(-c2cc(C(F)(F)F)n3nc(C(=O)Nc4ncn(Cc5ccc(Cl)cc5)n4)c(Cl)c3n2)c1. The molecule has 0 saturated heterocycles. The Hall–Kier alpha value is -4.16. The molecule has 1 N–H and O–H groups in total. The molecule has 5 aromatic rings. The highest BCUT2D eigenvalue weighted by Gasteiger charge is 2.37. The van der Waals surface area contributed by atoms with E-state index in [0.717, 1.165) is 11.6 Å². The van der Waals surface area contributed by atoms with Gasteiger partial charge in [0.2, 0.25) is 5.95 Å². The van der Waals surface area contributed by atoms with E-state index in [-0.39, 0.29) is 22.3 Å². The van der Waals surface area contributed by atoms with E-state index in [9.17, 15) is 18.0 Å². The molecule has 3 heterocycles. The van der Waals surface area contributed by atoms with Crippen LogP contribution in [0.15, 0.2) is 60.9 Å². The lowest BCUT2D eigenvalue weighted by Gasteiger charge is -2.11. The fourth-order valence-corrected chi connectivity index (χ4v) is 4.01. The summed E-state index contributed by atoms with van der Waals surface area (Å²) >= 11 is 12.2. The number of ether oxygens (including phenoxy) is 1. The summed E-state index contributed by atoms with van der Waals surface area (Å²) in [7, 11) is 1.44. The Morgan fingerprint density at radius 2 is 1.84 bits per heavy atom. The molecule has 2 aromatic carbocycles. The molecule has 0 bridgehead atoms. The second-order valence-electron chi connectivity index (χ2n) is 8.00. The van der Waals surface area contributed by atoms with Gasteiger partial charge < -0.3 is 4.74 Å². The molecular formula is C24H16Cl2F3N7O2. The summed E-state index contributed by atoms with van der Waals surface area (Å²) in [5, 5.41) is 10.6. The van der Waals surface area contributed by atoms with Crippen molar-refractivity contribution < 1.29 is 22.7 Å². The summed E-state index contributed by atoms with van der Waals surface area (Å²) in [6.07, 6.45) is -3.43. The van der Waals surface area contributed by atoms with E-state index in [1.165, 1.54) is 24.2 Å². The van der Waals surface area contributed by atoms with Crippen LogP contribution in [-0.4, -0.2) is 42.4 Å². The molecule has 5 rings (SSSR count). The number of anilines is 1. The first kappa shape index (κ1) is 25.5. The highest BCUT2D eigenvalue weighted by Crippen LogP contribution is 2.35. The minimum atomic E-state index is -4.82. The molecule has 0 radical (unpaired) electrons. The number of nitrogens with one attached hydrogen (secondary N) is 1. The third-order valence-corrected chi connectivity index (χ3v) is 6.02. The van der Waals surface area contributed by atoms with Gasteiger partial charge in [-0.1, -0.05) is 47.5 Å². The van der Waals surface area contributed by atoms with Crippen molar-refractivity contribution in [3.05, 3.63) is 87.9 Å². The Morgan fingerprint density at radius 1 is 1.08 bits per heavy atom. The van der Waals surface area contributed by atoms with Crippen LogP contribution in [0.1, 0.15) is 21.7 Å². The molecule has 14 heteroatoms. The lowest BCUT2D eigenvalue weighted by atomic mass is 10.1. The highest BCUT2D eigenvalue weighted by atomic mass is 35.5. The monoisotopic (exact) mass is 561 g/mol. The van der Waals surface area contributed by atoms with Crippen LogP contribution < -0.4 is 10.1 Å². The number of fused-ring (bicyclic) bond motifs is 1. The Morgan fingerprint density at radius 3 is 2.55 bits per heavy atom. The first-order valence-electron chi connectivity index (χ1n) is 10.9. The van der Waals surface area contributed by atoms with Crippen LogP contribution in [0.2, 0.25) is 10.0 Å². The van der Waals surface area contributed by atoms with Crippen molar-refractivity contribution in [3.8, 4) is 17.0 Å². The zero-order valence-corrected chi connectivity index (χ0v) is 20.9. The van der Waals surface area contributed by atoms with Gasteiger partial charge in [0.25, 0.3) is 5.91 Å². The maximum atomic E-state index is 14.0. The van der Waals surface area contributed by atoms with Gasteiger partial charge in [-0.25, -0.2) is 19.2 Å². The number of halogens is 5. The van der Waals surface area contributed by atoms with Gasteiger partial charge in [0.05, 0.1) is 19.3 Å². The number of carbonyl (C=O) groups is 1. The lowest BCUT2D eigenvalue weighted by molar-refractivity contribution is -0.142. The quantitative estimate of drug-likeness (QED) is 0.289. The van der Waals surface area contributed by atoms with E-state index >= 15 is 0 Å². The predicted octanol–water partition coefficient (Wildman–Crippen LogP) is 5.62. The minimum Gasteiger partial charge on any atom is -0.497 e. The first-order valence-corrected chi connectivity index (χ1v) is 11.6. The number of amides is 1. The molecule has 0 fully saturated rings. The van der Waals surface area contributed by atoms with Gasteiger partial charge in [-0.3, -0.25) is 10.1 Å². The lowest BCUT2D eigenvalue weighted by Crippen LogP contribution is -2.16. The second-order valence-corrected chi connectivity index (χ2v) is 8.82. The predicted molar refractivity (Wildman–Crippen MR) is 134 cm³/mol. The molecule has 0 atom stereocenters. The van der Waals surface area contributed by atoms with Crippen molar-refractivity contribution in [1.82, 2.24) is 29.4 Å². The van der Waals surface area contributed by atoms with Gasteiger partial charge in [0.15, 0.2) is 17.0 Å². The zero-order valence-electron chi connectivity index (χ0n) is 19.4. The van der Waals surface area contributed by atoms with Crippen molar-refractivity contribution in [2.75, 3.05) is 12.4 Å². The van der Waals surface area contributed by atoms with Gasteiger partial charge in [0, 0.05) is 10.6 Å². The number of rotatable bonds is 6. The van der Waals surface area contributed by atoms with Crippen LogP contribution in [0.5, 0.6) is 5.75 Å².